The van der Waals surface area contributed by atoms with Crippen molar-refractivity contribution in [2.24, 2.45) is 5.92 Å². The van der Waals surface area contributed by atoms with Crippen LogP contribution in [-0.2, 0) is 13.0 Å². The second-order valence-corrected chi connectivity index (χ2v) is 5.38. The van der Waals surface area contributed by atoms with Crippen molar-refractivity contribution >= 4 is 5.69 Å². The maximum absolute atomic E-state index is 12.8. The van der Waals surface area contributed by atoms with Gasteiger partial charge in [0, 0.05) is 17.7 Å². The van der Waals surface area contributed by atoms with Gasteiger partial charge in [-0.05, 0) is 25.0 Å². The van der Waals surface area contributed by atoms with Crippen molar-refractivity contribution in [3.05, 3.63) is 29.6 Å². The van der Waals surface area contributed by atoms with E-state index < -0.39 is 12.1 Å². The van der Waals surface area contributed by atoms with Crippen LogP contribution in [0.25, 0.3) is 11.4 Å². The Balaban J connectivity index is 1.91. The van der Waals surface area contributed by atoms with E-state index in [-0.39, 0.29) is 13.0 Å². The highest BCUT2D eigenvalue weighted by molar-refractivity contribution is 5.63. The highest BCUT2D eigenvalue weighted by Crippen LogP contribution is 2.34. The van der Waals surface area contributed by atoms with Crippen LogP contribution in [-0.4, -0.2) is 20.9 Å². The number of anilines is 1. The van der Waals surface area contributed by atoms with Gasteiger partial charge in [-0.15, -0.1) is 0 Å². The molecule has 2 N–H and O–H groups in total. The predicted octanol–water partition coefficient (Wildman–Crippen LogP) is 2.96. The van der Waals surface area contributed by atoms with Crippen molar-refractivity contribution in [3.8, 4) is 11.4 Å². The van der Waals surface area contributed by atoms with E-state index in [2.05, 4.69) is 10.1 Å². The number of fused-ring (bicyclic) bond motifs is 1. The molecule has 1 aliphatic rings. The second kappa shape index (κ2) is 4.75. The van der Waals surface area contributed by atoms with Crippen LogP contribution in [0.1, 0.15) is 17.8 Å². The zero-order valence-electron chi connectivity index (χ0n) is 11.5. The Labute approximate surface area is 119 Å². The third-order valence-corrected chi connectivity index (χ3v) is 3.86. The van der Waals surface area contributed by atoms with Crippen LogP contribution < -0.4 is 5.73 Å². The Morgan fingerprint density at radius 1 is 1.33 bits per heavy atom. The molecule has 1 unspecified atom stereocenters. The van der Waals surface area contributed by atoms with Crippen LogP contribution in [0, 0.1) is 12.8 Å². The van der Waals surface area contributed by atoms with Crippen LogP contribution in [0.4, 0.5) is 18.9 Å². The molecular formula is C14H15F3N4. The highest BCUT2D eigenvalue weighted by atomic mass is 19.4. The molecular weight excluding hydrogens is 281 g/mol. The van der Waals surface area contributed by atoms with E-state index in [9.17, 15) is 13.2 Å². The number of nitrogen functional groups attached to an aromatic ring is 1. The Hall–Kier alpha value is -2.05. The molecule has 0 aliphatic carbocycles. The normalized spacial score (nSPS) is 18.6. The number of benzene rings is 1. The molecule has 0 spiro atoms. The number of aromatic nitrogens is 3. The van der Waals surface area contributed by atoms with Gasteiger partial charge in [-0.25, -0.2) is 9.67 Å². The summed E-state index contributed by atoms with van der Waals surface area (Å²) in [5.41, 5.74) is 8.14. The molecule has 0 amide bonds. The fourth-order valence-corrected chi connectivity index (χ4v) is 2.48. The number of halogens is 3. The lowest BCUT2D eigenvalue weighted by atomic mass is 9.99. The van der Waals surface area contributed by atoms with E-state index in [0.29, 0.717) is 23.8 Å². The van der Waals surface area contributed by atoms with Gasteiger partial charge < -0.3 is 5.73 Å². The molecule has 112 valence electrons. The van der Waals surface area contributed by atoms with Gasteiger partial charge in [0.1, 0.15) is 5.82 Å². The van der Waals surface area contributed by atoms with Crippen LogP contribution >= 0.6 is 0 Å². The van der Waals surface area contributed by atoms with E-state index >= 15 is 0 Å². The average molecular weight is 296 g/mol. The molecule has 0 bridgehead atoms. The monoisotopic (exact) mass is 296 g/mol. The first-order valence-electron chi connectivity index (χ1n) is 6.71. The molecule has 1 aromatic carbocycles. The van der Waals surface area contributed by atoms with Crippen molar-refractivity contribution < 1.29 is 13.2 Å². The van der Waals surface area contributed by atoms with Gasteiger partial charge >= 0.3 is 6.18 Å². The summed E-state index contributed by atoms with van der Waals surface area (Å²) in [5.74, 6) is -0.313. The Morgan fingerprint density at radius 2 is 2.10 bits per heavy atom. The fourth-order valence-electron chi connectivity index (χ4n) is 2.48. The summed E-state index contributed by atoms with van der Waals surface area (Å²) in [6.45, 7) is 1.73. The van der Waals surface area contributed by atoms with Gasteiger partial charge in [-0.2, -0.15) is 18.3 Å². The van der Waals surface area contributed by atoms with Crippen molar-refractivity contribution in [3.63, 3.8) is 0 Å². The number of hydrogen-bond acceptors (Lipinski definition) is 3. The lowest BCUT2D eigenvalue weighted by Crippen LogP contribution is -2.32. The minimum atomic E-state index is -4.18. The number of aryl methyl sites for hydroxylation is 2. The zero-order valence-corrected chi connectivity index (χ0v) is 11.5. The summed E-state index contributed by atoms with van der Waals surface area (Å²) in [7, 11) is 0. The molecule has 0 radical (unpaired) electrons. The third kappa shape index (κ3) is 2.59. The van der Waals surface area contributed by atoms with Crippen LogP contribution in [0.5, 0.6) is 0 Å². The topological polar surface area (TPSA) is 56.7 Å². The van der Waals surface area contributed by atoms with Gasteiger partial charge in [-0.3, -0.25) is 0 Å². The second-order valence-electron chi connectivity index (χ2n) is 5.38. The van der Waals surface area contributed by atoms with E-state index in [1.165, 1.54) is 4.68 Å². The molecule has 21 heavy (non-hydrogen) atoms. The standard InChI is InChI=1S/C14H15F3N4/c1-8-2-3-9(6-11(8)18)13-19-12-5-4-10(14(15,16)17)7-21(12)20-13/h2-3,6,10H,4-5,7,18H2,1H3. The molecule has 0 fully saturated rings. The van der Waals surface area contributed by atoms with Gasteiger partial charge in [0.05, 0.1) is 12.5 Å². The molecule has 3 rings (SSSR count). The number of alkyl halides is 3. The third-order valence-electron chi connectivity index (χ3n) is 3.86. The molecule has 0 saturated carbocycles. The van der Waals surface area contributed by atoms with Crippen LogP contribution in [0.2, 0.25) is 0 Å². The first-order chi connectivity index (χ1) is 9.84. The molecule has 7 heteroatoms. The first-order valence-corrected chi connectivity index (χ1v) is 6.71. The van der Waals surface area contributed by atoms with Crippen LogP contribution in [0.3, 0.4) is 0 Å². The minimum absolute atomic E-state index is 0.0671. The molecule has 0 saturated heterocycles. The summed E-state index contributed by atoms with van der Waals surface area (Å²) < 4.78 is 39.7. The number of nitrogens with zero attached hydrogens (tertiary/aromatic N) is 3. The minimum Gasteiger partial charge on any atom is -0.398 e. The Kier molecular flexibility index (Phi) is 3.15. The van der Waals surface area contributed by atoms with Crippen LogP contribution in [0.15, 0.2) is 18.2 Å². The number of hydrogen-bond donors (Lipinski definition) is 1. The van der Waals surface area contributed by atoms with Crippen molar-refractivity contribution in [1.82, 2.24) is 14.8 Å². The maximum Gasteiger partial charge on any atom is 0.393 e. The zero-order chi connectivity index (χ0) is 15.2. The molecule has 4 nitrogen and oxygen atoms in total. The lowest BCUT2D eigenvalue weighted by Gasteiger charge is -2.24. The molecule has 1 aliphatic heterocycles. The summed E-state index contributed by atoms with van der Waals surface area (Å²) in [6, 6.07) is 5.43. The van der Waals surface area contributed by atoms with Gasteiger partial charge in [0.2, 0.25) is 0 Å². The van der Waals surface area contributed by atoms with E-state index in [0.717, 1.165) is 11.1 Å². The molecule has 1 aromatic heterocycles. The Bertz CT molecular complexity index is 675. The quantitative estimate of drug-likeness (QED) is 0.823. The largest absolute Gasteiger partial charge is 0.398 e. The summed E-state index contributed by atoms with van der Waals surface area (Å²) in [5, 5.41) is 4.21. The fraction of sp³-hybridized carbons (Fsp3) is 0.429. The van der Waals surface area contributed by atoms with Gasteiger partial charge in [-0.1, -0.05) is 12.1 Å². The summed E-state index contributed by atoms with van der Waals surface area (Å²) >= 11 is 0. The van der Waals surface area contributed by atoms with Crippen molar-refractivity contribution in [2.45, 2.75) is 32.5 Å². The van der Waals surface area contributed by atoms with E-state index in [1.807, 2.05) is 19.1 Å². The van der Waals surface area contributed by atoms with E-state index in [4.69, 9.17) is 5.73 Å². The maximum atomic E-state index is 12.8. The summed E-state index contributed by atoms with van der Waals surface area (Å²) in [4.78, 5) is 4.34. The average Bonchev–Trinajstić information content (AvgIpc) is 2.83. The van der Waals surface area contributed by atoms with Gasteiger partial charge in [0.25, 0.3) is 0 Å². The van der Waals surface area contributed by atoms with Gasteiger partial charge in [0.15, 0.2) is 5.82 Å². The SMILES string of the molecule is Cc1ccc(-c2nc3n(n2)CC(C(F)(F)F)CC3)cc1N. The summed E-state index contributed by atoms with van der Waals surface area (Å²) in [6.07, 6.45) is -3.83. The predicted molar refractivity (Wildman–Crippen MR) is 72.5 cm³/mol. The van der Waals surface area contributed by atoms with Crippen molar-refractivity contribution in [1.29, 1.82) is 0 Å². The molecule has 2 aromatic rings. The smallest absolute Gasteiger partial charge is 0.393 e. The Morgan fingerprint density at radius 3 is 2.76 bits per heavy atom. The highest BCUT2D eigenvalue weighted by Gasteiger charge is 2.42. The number of nitrogens with two attached hydrogens (primary N) is 1. The molecule has 1 atom stereocenters. The lowest BCUT2D eigenvalue weighted by molar-refractivity contribution is -0.182. The van der Waals surface area contributed by atoms with Crippen molar-refractivity contribution in [2.75, 3.05) is 5.73 Å². The number of rotatable bonds is 1. The molecule has 2 heterocycles. The van der Waals surface area contributed by atoms with E-state index in [1.54, 1.807) is 6.07 Å². The first kappa shape index (κ1) is 13.9.